The lowest BCUT2D eigenvalue weighted by Gasteiger charge is -2.25. The van der Waals surface area contributed by atoms with Crippen molar-refractivity contribution in [2.45, 2.75) is 47.8 Å². The van der Waals surface area contributed by atoms with Gasteiger partial charge in [0.1, 0.15) is 6.61 Å². The number of nitrogens with one attached hydrogen (secondary N) is 2. The molecule has 182 valence electrons. The number of carbonyl (C=O) groups is 2. The first kappa shape index (κ1) is 27.8. The van der Waals surface area contributed by atoms with E-state index in [4.69, 9.17) is 9.47 Å². The summed E-state index contributed by atoms with van der Waals surface area (Å²) in [5.41, 5.74) is 2.00. The molecular weight excluding hydrogens is 418 g/mol. The van der Waals surface area contributed by atoms with Gasteiger partial charge >= 0.3 is 6.03 Å². The number of hydrogen-bond acceptors (Lipinski definition) is 4. The number of hydrogen-bond donors (Lipinski definition) is 2. The summed E-state index contributed by atoms with van der Waals surface area (Å²) in [6, 6.07) is 15.4. The van der Waals surface area contributed by atoms with E-state index in [-0.39, 0.29) is 17.9 Å². The van der Waals surface area contributed by atoms with Crippen molar-refractivity contribution >= 4 is 11.9 Å². The average Bonchev–Trinajstić information content (AvgIpc) is 2.84. The van der Waals surface area contributed by atoms with Crippen molar-refractivity contribution in [1.29, 1.82) is 0 Å². The third-order valence-electron chi connectivity index (χ3n) is 4.65. The Morgan fingerprint density at radius 3 is 2.27 bits per heavy atom. The fraction of sp³-hybridized carbons (Fsp3) is 0.462. The topological polar surface area (TPSA) is 79.9 Å². The zero-order valence-electron chi connectivity index (χ0n) is 20.8. The normalized spacial score (nSPS) is 10.0. The second-order valence-corrected chi connectivity index (χ2v) is 7.46. The molecule has 0 aromatic heterocycles. The smallest absolute Gasteiger partial charge is 0.314 e. The molecule has 0 radical (unpaired) electrons. The van der Waals surface area contributed by atoms with Gasteiger partial charge in [-0.05, 0) is 30.2 Å². The van der Waals surface area contributed by atoms with Crippen molar-refractivity contribution in [2.24, 2.45) is 5.92 Å². The molecule has 0 aliphatic rings. The molecule has 33 heavy (non-hydrogen) atoms. The van der Waals surface area contributed by atoms with Crippen LogP contribution in [0.1, 0.15) is 45.7 Å². The molecule has 2 aromatic rings. The monoisotopic (exact) mass is 457 g/mol. The van der Waals surface area contributed by atoms with E-state index < -0.39 is 0 Å². The van der Waals surface area contributed by atoms with E-state index in [2.05, 4.69) is 10.6 Å². The molecule has 2 N–H and O–H groups in total. The van der Waals surface area contributed by atoms with Crippen molar-refractivity contribution in [1.82, 2.24) is 15.5 Å². The maximum Gasteiger partial charge on any atom is 0.314 e. The molecule has 3 amide bonds. The Labute approximate surface area is 198 Å². The lowest BCUT2D eigenvalue weighted by molar-refractivity contribution is -0.135. The van der Waals surface area contributed by atoms with E-state index in [1.54, 1.807) is 12.0 Å². The van der Waals surface area contributed by atoms with Crippen LogP contribution in [0, 0.1) is 5.92 Å². The van der Waals surface area contributed by atoms with Crippen molar-refractivity contribution in [3.8, 4) is 11.5 Å². The molecule has 0 spiro atoms. The Kier molecular flexibility index (Phi) is 13.1. The van der Waals surface area contributed by atoms with Crippen LogP contribution in [0.3, 0.4) is 0 Å². The van der Waals surface area contributed by atoms with Gasteiger partial charge in [-0.25, -0.2) is 4.79 Å². The van der Waals surface area contributed by atoms with E-state index in [0.29, 0.717) is 44.3 Å². The van der Waals surface area contributed by atoms with Crippen molar-refractivity contribution in [3.05, 3.63) is 59.7 Å². The van der Waals surface area contributed by atoms with Gasteiger partial charge in [-0.1, -0.05) is 64.1 Å². The molecule has 0 heterocycles. The molecule has 0 aliphatic carbocycles. The Balaban J connectivity index is 0.00000265. The Morgan fingerprint density at radius 1 is 0.970 bits per heavy atom. The minimum atomic E-state index is -0.235. The largest absolute Gasteiger partial charge is 0.493 e. The average molecular weight is 458 g/mol. The molecule has 0 saturated carbocycles. The van der Waals surface area contributed by atoms with Gasteiger partial charge < -0.3 is 25.0 Å². The fourth-order valence-electron chi connectivity index (χ4n) is 3.05. The van der Waals surface area contributed by atoms with E-state index >= 15 is 0 Å². The van der Waals surface area contributed by atoms with Crippen LogP contribution in [0.25, 0.3) is 0 Å². The van der Waals surface area contributed by atoms with Crippen LogP contribution >= 0.6 is 0 Å². The van der Waals surface area contributed by atoms with Crippen LogP contribution < -0.4 is 20.1 Å². The van der Waals surface area contributed by atoms with E-state index in [1.165, 1.54) is 0 Å². The second kappa shape index (κ2) is 15.6. The number of carbonyl (C=O) groups excluding carboxylic acids is 2. The summed E-state index contributed by atoms with van der Waals surface area (Å²) in [6.45, 7) is 11.8. The van der Waals surface area contributed by atoms with E-state index in [0.717, 1.165) is 11.1 Å². The summed E-state index contributed by atoms with van der Waals surface area (Å²) < 4.78 is 11.4. The van der Waals surface area contributed by atoms with Crippen LogP contribution in [0.5, 0.6) is 11.5 Å². The summed E-state index contributed by atoms with van der Waals surface area (Å²) in [6.07, 6.45) is 0. The number of benzene rings is 2. The summed E-state index contributed by atoms with van der Waals surface area (Å²) in [7, 11) is 1.60. The molecule has 0 atom stereocenters. The molecule has 0 aliphatic heterocycles. The number of methoxy groups -OCH3 is 1. The third-order valence-corrected chi connectivity index (χ3v) is 4.65. The first-order valence-electron chi connectivity index (χ1n) is 11.6. The Bertz CT molecular complexity index is 841. The van der Waals surface area contributed by atoms with Crippen LogP contribution in [-0.4, -0.2) is 43.6 Å². The van der Waals surface area contributed by atoms with E-state index in [9.17, 15) is 9.59 Å². The molecule has 7 heteroatoms. The number of urea groups is 1. The minimum absolute atomic E-state index is 0.0288. The molecule has 0 unspecified atom stereocenters. The lowest BCUT2D eigenvalue weighted by atomic mass is 10.1. The number of rotatable bonds is 11. The van der Waals surface area contributed by atoms with Gasteiger partial charge in [0.15, 0.2) is 11.5 Å². The van der Waals surface area contributed by atoms with Gasteiger partial charge in [0.05, 0.1) is 7.11 Å². The zero-order chi connectivity index (χ0) is 24.6. The molecule has 0 fully saturated rings. The molecule has 0 bridgehead atoms. The van der Waals surface area contributed by atoms with Crippen molar-refractivity contribution < 1.29 is 19.1 Å². The minimum Gasteiger partial charge on any atom is -0.493 e. The van der Waals surface area contributed by atoms with Crippen LogP contribution in [-0.2, 0) is 17.9 Å². The summed E-state index contributed by atoms with van der Waals surface area (Å²) in [5.74, 6) is 1.15. The van der Waals surface area contributed by atoms with Crippen molar-refractivity contribution in [3.63, 3.8) is 0 Å². The van der Waals surface area contributed by atoms with Gasteiger partial charge in [-0.3, -0.25) is 4.79 Å². The third kappa shape index (κ3) is 9.85. The van der Waals surface area contributed by atoms with Gasteiger partial charge in [0.25, 0.3) is 0 Å². The number of nitrogens with zero attached hydrogens (tertiary/aromatic N) is 1. The van der Waals surface area contributed by atoms with Crippen LogP contribution in [0.4, 0.5) is 4.79 Å². The second-order valence-electron chi connectivity index (χ2n) is 7.46. The predicted molar refractivity (Wildman–Crippen MR) is 132 cm³/mol. The summed E-state index contributed by atoms with van der Waals surface area (Å²) in [5, 5.41) is 5.45. The predicted octanol–water partition coefficient (Wildman–Crippen LogP) is 4.60. The Hall–Kier alpha value is -3.22. The molecule has 2 aromatic carbocycles. The quantitative estimate of drug-likeness (QED) is 0.517. The molecular formula is C26H39N3O4. The highest BCUT2D eigenvalue weighted by atomic mass is 16.5. The van der Waals surface area contributed by atoms with Crippen LogP contribution in [0.2, 0.25) is 0 Å². The van der Waals surface area contributed by atoms with Gasteiger partial charge in [0.2, 0.25) is 5.91 Å². The number of ether oxygens (including phenoxy) is 2. The lowest BCUT2D eigenvalue weighted by Crippen LogP contribution is -2.42. The first-order valence-corrected chi connectivity index (χ1v) is 11.6. The standard InChI is InChI=1S/C24H33N3O4.C2H6/c1-5-25-24(29)26-13-14-27(23(28)18(2)3)16-20-11-12-21(22(15-20)30-4)31-17-19-9-7-6-8-10-19;1-2/h6-12,15,18H,5,13-14,16-17H2,1-4H3,(H2,25,26,29);1-2H3. The highest BCUT2D eigenvalue weighted by Gasteiger charge is 2.18. The van der Waals surface area contributed by atoms with Gasteiger partial charge in [0, 0.05) is 32.1 Å². The zero-order valence-corrected chi connectivity index (χ0v) is 20.8. The molecule has 2 rings (SSSR count). The SMILES string of the molecule is CC.CCNC(=O)NCCN(Cc1ccc(OCc2ccccc2)c(OC)c1)C(=O)C(C)C. The first-order chi connectivity index (χ1) is 15.9. The summed E-state index contributed by atoms with van der Waals surface area (Å²) >= 11 is 0. The maximum atomic E-state index is 12.7. The maximum absolute atomic E-state index is 12.7. The highest BCUT2D eigenvalue weighted by Crippen LogP contribution is 2.29. The fourth-order valence-corrected chi connectivity index (χ4v) is 3.05. The van der Waals surface area contributed by atoms with Crippen LogP contribution in [0.15, 0.2) is 48.5 Å². The van der Waals surface area contributed by atoms with Gasteiger partial charge in [-0.2, -0.15) is 0 Å². The van der Waals surface area contributed by atoms with E-state index in [1.807, 2.05) is 83.1 Å². The number of amides is 3. The Morgan fingerprint density at radius 2 is 1.67 bits per heavy atom. The molecule has 0 saturated heterocycles. The summed E-state index contributed by atoms with van der Waals surface area (Å²) in [4.78, 5) is 26.0. The van der Waals surface area contributed by atoms with Gasteiger partial charge in [-0.15, -0.1) is 0 Å². The highest BCUT2D eigenvalue weighted by molar-refractivity contribution is 5.78. The molecule has 7 nitrogen and oxygen atoms in total. The van der Waals surface area contributed by atoms with Crippen molar-refractivity contribution in [2.75, 3.05) is 26.7 Å².